The zero-order valence-electron chi connectivity index (χ0n) is 9.34. The highest BCUT2D eigenvalue weighted by Crippen LogP contribution is 2.24. The average molecular weight is 225 g/mol. The van der Waals surface area contributed by atoms with Gasteiger partial charge in [-0.3, -0.25) is 0 Å². The molecule has 2 aromatic rings. The smallest absolute Gasteiger partial charge is 0.130 e. The fraction of sp³-hybridized carbons (Fsp3) is 0.0769. The van der Waals surface area contributed by atoms with Crippen LogP contribution < -0.4 is 10.1 Å². The zero-order chi connectivity index (χ0) is 12.1. The van der Waals surface area contributed by atoms with E-state index < -0.39 is 0 Å². The lowest BCUT2D eigenvalue weighted by Crippen LogP contribution is -1.96. The summed E-state index contributed by atoms with van der Waals surface area (Å²) < 4.78 is 5.12. The van der Waals surface area contributed by atoms with Crippen LogP contribution in [0.5, 0.6) is 5.75 Å². The maximum atomic E-state index is 9.01. The molecule has 0 bridgehead atoms. The molecule has 1 aromatic heterocycles. The molecule has 0 amide bonds. The number of hydrogen-bond donors (Lipinski definition) is 1. The Morgan fingerprint density at radius 1 is 1.29 bits per heavy atom. The topological polar surface area (TPSA) is 57.9 Å². The van der Waals surface area contributed by atoms with E-state index in [1.54, 1.807) is 31.5 Å². The predicted octanol–water partition coefficient (Wildman–Crippen LogP) is 2.71. The molecule has 0 fully saturated rings. The molecule has 0 spiro atoms. The number of methoxy groups -OCH3 is 1. The lowest BCUT2D eigenvalue weighted by atomic mass is 10.2. The summed E-state index contributed by atoms with van der Waals surface area (Å²) in [6, 6.07) is 12.9. The molecule has 0 saturated heterocycles. The van der Waals surface area contributed by atoms with Crippen LogP contribution in [0.25, 0.3) is 0 Å². The van der Waals surface area contributed by atoms with E-state index in [4.69, 9.17) is 10.00 Å². The first-order valence-corrected chi connectivity index (χ1v) is 5.09. The quantitative estimate of drug-likeness (QED) is 0.872. The van der Waals surface area contributed by atoms with Crippen LogP contribution in [0, 0.1) is 11.3 Å². The first-order valence-electron chi connectivity index (χ1n) is 5.09. The molecule has 0 radical (unpaired) electrons. The molecule has 0 aliphatic rings. The number of aromatic nitrogens is 1. The van der Waals surface area contributed by atoms with Crippen molar-refractivity contribution < 1.29 is 4.74 Å². The third kappa shape index (κ3) is 2.52. The first-order chi connectivity index (χ1) is 8.33. The van der Waals surface area contributed by atoms with E-state index in [0.717, 1.165) is 0 Å². The van der Waals surface area contributed by atoms with Gasteiger partial charge in [0.1, 0.15) is 17.6 Å². The highest BCUT2D eigenvalue weighted by Gasteiger charge is 2.04. The van der Waals surface area contributed by atoms with Crippen LogP contribution in [-0.2, 0) is 0 Å². The van der Waals surface area contributed by atoms with Crippen molar-refractivity contribution in [3.8, 4) is 11.8 Å². The number of rotatable bonds is 3. The van der Waals surface area contributed by atoms with E-state index in [-0.39, 0.29) is 0 Å². The van der Waals surface area contributed by atoms with Gasteiger partial charge in [-0.15, -0.1) is 0 Å². The third-order valence-corrected chi connectivity index (χ3v) is 2.27. The van der Waals surface area contributed by atoms with Crippen LogP contribution in [0.4, 0.5) is 11.5 Å². The molecular formula is C13H11N3O. The number of ether oxygens (including phenoxy) is 1. The zero-order valence-corrected chi connectivity index (χ0v) is 9.34. The number of nitriles is 1. The van der Waals surface area contributed by atoms with Crippen molar-refractivity contribution in [1.29, 1.82) is 5.26 Å². The van der Waals surface area contributed by atoms with Crippen LogP contribution in [0.1, 0.15) is 5.56 Å². The Kier molecular flexibility index (Phi) is 3.22. The van der Waals surface area contributed by atoms with Crippen molar-refractivity contribution in [2.45, 2.75) is 0 Å². The van der Waals surface area contributed by atoms with Gasteiger partial charge >= 0.3 is 0 Å². The molecule has 2 rings (SSSR count). The van der Waals surface area contributed by atoms with Crippen LogP contribution in [0.15, 0.2) is 42.6 Å². The van der Waals surface area contributed by atoms with Crippen molar-refractivity contribution in [1.82, 2.24) is 4.98 Å². The van der Waals surface area contributed by atoms with Crippen molar-refractivity contribution >= 4 is 11.5 Å². The second-order valence-corrected chi connectivity index (χ2v) is 3.36. The van der Waals surface area contributed by atoms with Gasteiger partial charge in [0, 0.05) is 12.3 Å². The van der Waals surface area contributed by atoms with Crippen LogP contribution in [-0.4, -0.2) is 12.1 Å². The molecular weight excluding hydrogens is 214 g/mol. The van der Waals surface area contributed by atoms with Gasteiger partial charge in [0.2, 0.25) is 0 Å². The molecule has 0 aliphatic carbocycles. The minimum Gasteiger partial charge on any atom is -0.497 e. The molecule has 1 N–H and O–H groups in total. The monoisotopic (exact) mass is 225 g/mol. The fourth-order valence-corrected chi connectivity index (χ4v) is 1.43. The van der Waals surface area contributed by atoms with Gasteiger partial charge in [-0.2, -0.15) is 5.26 Å². The Morgan fingerprint density at radius 2 is 2.18 bits per heavy atom. The Morgan fingerprint density at radius 3 is 2.82 bits per heavy atom. The molecule has 0 unspecified atom stereocenters. The summed E-state index contributed by atoms with van der Waals surface area (Å²) in [6.07, 6.45) is 1.69. The molecule has 0 atom stereocenters. The largest absolute Gasteiger partial charge is 0.497 e. The minimum atomic E-state index is 0.552. The molecule has 0 saturated carbocycles. The van der Waals surface area contributed by atoms with Crippen molar-refractivity contribution in [2.24, 2.45) is 0 Å². The van der Waals surface area contributed by atoms with Gasteiger partial charge in [0.25, 0.3) is 0 Å². The standard InChI is InChI=1S/C13H11N3O/c1-17-11-6-5-10(9-14)12(8-11)16-13-4-2-3-7-15-13/h2-8H,1H3,(H,15,16). The highest BCUT2D eigenvalue weighted by molar-refractivity contribution is 5.66. The molecule has 4 heteroatoms. The summed E-state index contributed by atoms with van der Waals surface area (Å²) in [5, 5.41) is 12.1. The molecule has 1 aromatic carbocycles. The van der Waals surface area contributed by atoms with Gasteiger partial charge < -0.3 is 10.1 Å². The van der Waals surface area contributed by atoms with E-state index in [1.807, 2.05) is 18.2 Å². The Balaban J connectivity index is 2.34. The fourth-order valence-electron chi connectivity index (χ4n) is 1.43. The Hall–Kier alpha value is -2.54. The van der Waals surface area contributed by atoms with Gasteiger partial charge in [-0.05, 0) is 24.3 Å². The summed E-state index contributed by atoms with van der Waals surface area (Å²) in [4.78, 5) is 4.14. The number of nitrogens with one attached hydrogen (secondary N) is 1. The van der Waals surface area contributed by atoms with Crippen molar-refractivity contribution in [2.75, 3.05) is 12.4 Å². The number of nitrogens with zero attached hydrogens (tertiary/aromatic N) is 2. The average Bonchev–Trinajstić information content (AvgIpc) is 2.40. The highest BCUT2D eigenvalue weighted by atomic mass is 16.5. The summed E-state index contributed by atoms with van der Waals surface area (Å²) in [5.74, 6) is 1.39. The maximum absolute atomic E-state index is 9.01. The summed E-state index contributed by atoms with van der Waals surface area (Å²) in [6.45, 7) is 0. The van der Waals surface area contributed by atoms with E-state index in [9.17, 15) is 0 Å². The number of pyridine rings is 1. The van der Waals surface area contributed by atoms with Crippen LogP contribution in [0.2, 0.25) is 0 Å². The maximum Gasteiger partial charge on any atom is 0.130 e. The van der Waals surface area contributed by atoms with E-state index in [1.165, 1.54) is 0 Å². The van der Waals surface area contributed by atoms with E-state index in [0.29, 0.717) is 22.8 Å². The molecule has 84 valence electrons. The van der Waals surface area contributed by atoms with Gasteiger partial charge in [0.15, 0.2) is 0 Å². The van der Waals surface area contributed by atoms with E-state index >= 15 is 0 Å². The number of anilines is 2. The lowest BCUT2D eigenvalue weighted by Gasteiger charge is -2.08. The molecule has 17 heavy (non-hydrogen) atoms. The van der Waals surface area contributed by atoms with Crippen LogP contribution in [0.3, 0.4) is 0 Å². The summed E-state index contributed by atoms with van der Waals surface area (Å²) >= 11 is 0. The predicted molar refractivity (Wildman–Crippen MR) is 65.2 cm³/mol. The summed E-state index contributed by atoms with van der Waals surface area (Å²) in [7, 11) is 1.59. The van der Waals surface area contributed by atoms with Crippen molar-refractivity contribution in [3.63, 3.8) is 0 Å². The molecule has 1 heterocycles. The lowest BCUT2D eigenvalue weighted by molar-refractivity contribution is 0.415. The number of benzene rings is 1. The second-order valence-electron chi connectivity index (χ2n) is 3.36. The normalized spacial score (nSPS) is 9.41. The molecule has 4 nitrogen and oxygen atoms in total. The summed E-state index contributed by atoms with van der Waals surface area (Å²) in [5.41, 5.74) is 1.24. The first kappa shape index (κ1) is 11.0. The minimum absolute atomic E-state index is 0.552. The van der Waals surface area contributed by atoms with E-state index in [2.05, 4.69) is 16.4 Å². The van der Waals surface area contributed by atoms with Gasteiger partial charge in [-0.25, -0.2) is 4.98 Å². The second kappa shape index (κ2) is 4.99. The van der Waals surface area contributed by atoms with Crippen molar-refractivity contribution in [3.05, 3.63) is 48.2 Å². The van der Waals surface area contributed by atoms with Crippen LogP contribution >= 0.6 is 0 Å². The SMILES string of the molecule is COc1ccc(C#N)c(Nc2ccccn2)c1. The Bertz CT molecular complexity index is 546. The van der Waals surface area contributed by atoms with Gasteiger partial charge in [0.05, 0.1) is 18.4 Å². The number of hydrogen-bond acceptors (Lipinski definition) is 4. The molecule has 0 aliphatic heterocycles. The van der Waals surface area contributed by atoms with Gasteiger partial charge in [-0.1, -0.05) is 6.07 Å². The third-order valence-electron chi connectivity index (χ3n) is 2.27. The Labute approximate surface area is 99.5 Å².